The molecule has 0 N–H and O–H groups in total. The second kappa shape index (κ2) is 7.96. The number of methoxy groups -OCH3 is 1. The van der Waals surface area contributed by atoms with Crippen molar-refractivity contribution in [3.8, 4) is 6.07 Å². The van der Waals surface area contributed by atoms with Gasteiger partial charge in [0.1, 0.15) is 0 Å². The van der Waals surface area contributed by atoms with Crippen LogP contribution >= 0.6 is 0 Å². The van der Waals surface area contributed by atoms with Gasteiger partial charge in [0.2, 0.25) is 5.91 Å². The van der Waals surface area contributed by atoms with Crippen molar-refractivity contribution >= 4 is 5.91 Å². The van der Waals surface area contributed by atoms with Crippen molar-refractivity contribution in [1.82, 2.24) is 9.80 Å². The average Bonchev–Trinajstić information content (AvgIpc) is 2.79. The number of amides is 1. The molecule has 0 aliphatic carbocycles. The number of benzene rings is 1. The van der Waals surface area contributed by atoms with Crippen LogP contribution in [0.5, 0.6) is 0 Å². The number of nitriles is 1. The molecule has 6 nitrogen and oxygen atoms in total. The molecule has 0 bridgehead atoms. The maximum atomic E-state index is 12.4. The van der Waals surface area contributed by atoms with Crippen LogP contribution in [0.15, 0.2) is 24.3 Å². The highest BCUT2D eigenvalue weighted by atomic mass is 16.5. The molecular formula is C19H25N3O3. The Bertz CT molecular complexity index is 640. The van der Waals surface area contributed by atoms with Crippen LogP contribution in [0.4, 0.5) is 0 Å². The predicted octanol–water partition coefficient (Wildman–Crippen LogP) is 1.26. The topological polar surface area (TPSA) is 65.8 Å². The van der Waals surface area contributed by atoms with Crippen molar-refractivity contribution in [2.45, 2.75) is 13.0 Å². The van der Waals surface area contributed by atoms with Crippen molar-refractivity contribution in [2.24, 2.45) is 5.41 Å². The predicted molar refractivity (Wildman–Crippen MR) is 92.8 cm³/mol. The molecule has 0 saturated carbocycles. The van der Waals surface area contributed by atoms with Crippen LogP contribution in [0.2, 0.25) is 0 Å². The number of hydrogen-bond donors (Lipinski definition) is 0. The second-order valence-corrected chi connectivity index (χ2v) is 7.06. The van der Waals surface area contributed by atoms with E-state index >= 15 is 0 Å². The summed E-state index contributed by atoms with van der Waals surface area (Å²) < 4.78 is 11.0. The first kappa shape index (κ1) is 17.9. The Morgan fingerprint density at radius 3 is 2.84 bits per heavy atom. The zero-order valence-corrected chi connectivity index (χ0v) is 14.7. The van der Waals surface area contributed by atoms with Crippen molar-refractivity contribution in [2.75, 3.05) is 53.1 Å². The molecule has 6 heteroatoms. The third-order valence-electron chi connectivity index (χ3n) is 4.98. The van der Waals surface area contributed by atoms with Crippen molar-refractivity contribution in [3.05, 3.63) is 35.4 Å². The summed E-state index contributed by atoms with van der Waals surface area (Å²) in [7, 11) is 1.66. The first-order chi connectivity index (χ1) is 12.1. The van der Waals surface area contributed by atoms with Crippen LogP contribution in [0.1, 0.15) is 17.5 Å². The Balaban J connectivity index is 1.66. The maximum absolute atomic E-state index is 12.4. The molecule has 134 valence electrons. The highest BCUT2D eigenvalue weighted by Crippen LogP contribution is 2.34. The number of likely N-dealkylation sites (tertiary alicyclic amines) is 1. The largest absolute Gasteiger partial charge is 0.383 e. The van der Waals surface area contributed by atoms with Crippen LogP contribution in [-0.2, 0) is 20.8 Å². The molecule has 1 aromatic carbocycles. The summed E-state index contributed by atoms with van der Waals surface area (Å²) in [4.78, 5) is 16.6. The van der Waals surface area contributed by atoms with Gasteiger partial charge in [0, 0.05) is 51.7 Å². The lowest BCUT2D eigenvalue weighted by atomic mass is 9.87. The van der Waals surface area contributed by atoms with E-state index in [1.54, 1.807) is 7.11 Å². The minimum Gasteiger partial charge on any atom is -0.383 e. The molecule has 2 saturated heterocycles. The molecule has 1 atom stereocenters. The van der Waals surface area contributed by atoms with Crippen LogP contribution in [-0.4, -0.2) is 68.8 Å². The van der Waals surface area contributed by atoms with Gasteiger partial charge in [-0.05, 0) is 17.7 Å². The minimum atomic E-state index is -0.131. The quantitative estimate of drug-likeness (QED) is 0.805. The van der Waals surface area contributed by atoms with Crippen LogP contribution < -0.4 is 0 Å². The Hall–Kier alpha value is -1.94. The van der Waals surface area contributed by atoms with Gasteiger partial charge in [-0.2, -0.15) is 5.26 Å². The first-order valence-electron chi connectivity index (χ1n) is 8.70. The van der Waals surface area contributed by atoms with E-state index < -0.39 is 0 Å². The Morgan fingerprint density at radius 2 is 2.12 bits per heavy atom. The molecule has 1 aromatic rings. The van der Waals surface area contributed by atoms with Crippen molar-refractivity contribution in [3.63, 3.8) is 0 Å². The SMILES string of the molecule is COCCN1CC2(COCCN(Cc3ccc(C#N)cc3)C2)CC1=O. The molecule has 2 aliphatic heterocycles. The normalized spacial score (nSPS) is 24.5. The summed E-state index contributed by atoms with van der Waals surface area (Å²) in [6, 6.07) is 9.85. The zero-order valence-electron chi connectivity index (χ0n) is 14.7. The fraction of sp³-hybridized carbons (Fsp3) is 0.579. The average molecular weight is 343 g/mol. The molecule has 25 heavy (non-hydrogen) atoms. The van der Waals surface area contributed by atoms with Gasteiger partial charge in [-0.15, -0.1) is 0 Å². The standard InChI is InChI=1S/C19H25N3O3/c1-24-8-7-22-14-19(10-18(22)23)13-21(6-9-25-15-19)12-17-4-2-16(11-20)3-5-17/h2-5H,6-10,12-15H2,1H3. The molecule has 1 unspecified atom stereocenters. The number of hydrogen-bond acceptors (Lipinski definition) is 5. The van der Waals surface area contributed by atoms with Gasteiger partial charge in [-0.25, -0.2) is 0 Å². The summed E-state index contributed by atoms with van der Waals surface area (Å²) in [6.45, 7) is 5.78. The lowest BCUT2D eigenvalue weighted by molar-refractivity contribution is -0.128. The number of carbonyl (C=O) groups excluding carboxylic acids is 1. The van der Waals surface area contributed by atoms with Crippen LogP contribution in [0.3, 0.4) is 0 Å². The van der Waals surface area contributed by atoms with Crippen molar-refractivity contribution < 1.29 is 14.3 Å². The van der Waals surface area contributed by atoms with E-state index in [9.17, 15) is 4.79 Å². The van der Waals surface area contributed by atoms with E-state index in [-0.39, 0.29) is 11.3 Å². The lowest BCUT2D eigenvalue weighted by Crippen LogP contribution is -2.40. The monoisotopic (exact) mass is 343 g/mol. The summed E-state index contributed by atoms with van der Waals surface area (Å²) in [5, 5.41) is 8.92. The molecule has 1 amide bonds. The summed E-state index contributed by atoms with van der Waals surface area (Å²) in [5.41, 5.74) is 1.72. The highest BCUT2D eigenvalue weighted by Gasteiger charge is 2.45. The van der Waals surface area contributed by atoms with Gasteiger partial charge in [-0.3, -0.25) is 9.69 Å². The Kier molecular flexibility index (Phi) is 5.69. The van der Waals surface area contributed by atoms with Crippen molar-refractivity contribution in [1.29, 1.82) is 5.26 Å². The van der Waals surface area contributed by atoms with Crippen LogP contribution in [0, 0.1) is 16.7 Å². The smallest absolute Gasteiger partial charge is 0.223 e. The number of rotatable bonds is 5. The Labute approximate surface area is 148 Å². The van der Waals surface area contributed by atoms with E-state index in [1.165, 1.54) is 5.56 Å². The lowest BCUT2D eigenvalue weighted by Gasteiger charge is -2.31. The molecule has 3 rings (SSSR count). The molecular weight excluding hydrogens is 318 g/mol. The number of ether oxygens (including phenoxy) is 2. The molecule has 2 aliphatic rings. The maximum Gasteiger partial charge on any atom is 0.223 e. The molecule has 1 spiro atoms. The fourth-order valence-electron chi connectivity index (χ4n) is 3.75. The van der Waals surface area contributed by atoms with Gasteiger partial charge >= 0.3 is 0 Å². The highest BCUT2D eigenvalue weighted by molar-refractivity contribution is 5.79. The minimum absolute atomic E-state index is 0.131. The molecule has 0 radical (unpaired) electrons. The van der Waals surface area contributed by atoms with E-state index in [1.807, 2.05) is 29.2 Å². The van der Waals surface area contributed by atoms with E-state index in [0.717, 1.165) is 26.2 Å². The summed E-state index contributed by atoms with van der Waals surface area (Å²) >= 11 is 0. The molecule has 2 fully saturated rings. The summed E-state index contributed by atoms with van der Waals surface area (Å²) in [6.07, 6.45) is 0.542. The van der Waals surface area contributed by atoms with Gasteiger partial charge in [-0.1, -0.05) is 12.1 Å². The molecule has 0 aromatic heterocycles. The fourth-order valence-corrected chi connectivity index (χ4v) is 3.75. The van der Waals surface area contributed by atoms with Crippen LogP contribution in [0.25, 0.3) is 0 Å². The first-order valence-corrected chi connectivity index (χ1v) is 8.70. The van der Waals surface area contributed by atoms with Gasteiger partial charge in [0.15, 0.2) is 0 Å². The third-order valence-corrected chi connectivity index (χ3v) is 4.98. The van der Waals surface area contributed by atoms with E-state index in [0.29, 0.717) is 38.3 Å². The van der Waals surface area contributed by atoms with E-state index in [4.69, 9.17) is 14.7 Å². The number of nitrogens with zero attached hydrogens (tertiary/aromatic N) is 3. The van der Waals surface area contributed by atoms with Gasteiger partial charge in [0.25, 0.3) is 0 Å². The number of carbonyl (C=O) groups is 1. The second-order valence-electron chi connectivity index (χ2n) is 7.06. The van der Waals surface area contributed by atoms with E-state index in [2.05, 4.69) is 11.0 Å². The van der Waals surface area contributed by atoms with Gasteiger partial charge < -0.3 is 14.4 Å². The summed E-state index contributed by atoms with van der Waals surface area (Å²) in [5.74, 6) is 0.195. The zero-order chi connectivity index (χ0) is 17.7. The van der Waals surface area contributed by atoms with Gasteiger partial charge in [0.05, 0.1) is 31.5 Å². The third kappa shape index (κ3) is 4.37. The Morgan fingerprint density at radius 1 is 1.32 bits per heavy atom. The molecule has 2 heterocycles.